The number of halogens is 1. The van der Waals surface area contributed by atoms with Crippen molar-refractivity contribution >= 4 is 21.6 Å². The molecule has 136 valence electrons. The molecule has 0 aliphatic heterocycles. The van der Waals surface area contributed by atoms with Gasteiger partial charge in [0.15, 0.2) is 0 Å². The first kappa shape index (κ1) is 18.4. The Morgan fingerprint density at radius 2 is 2.00 bits per heavy atom. The fourth-order valence-corrected chi connectivity index (χ4v) is 3.49. The number of ether oxygens (including phenoxy) is 1. The maximum absolute atomic E-state index is 12.4. The number of hydrogen-bond acceptors (Lipinski definition) is 6. The molecule has 3 rings (SSSR count). The third-order valence-electron chi connectivity index (χ3n) is 3.68. The SMILES string of the molecule is COc1ccccc1-c1noc(CNS(=O)(=O)c2ccc(C)c(Cl)c2)n1. The lowest BCUT2D eigenvalue weighted by atomic mass is 10.2. The lowest BCUT2D eigenvalue weighted by molar-refractivity contribution is 0.375. The van der Waals surface area contributed by atoms with Crippen molar-refractivity contribution in [3.63, 3.8) is 0 Å². The predicted octanol–water partition coefficient (Wildman–Crippen LogP) is 3.19. The van der Waals surface area contributed by atoms with Gasteiger partial charge in [-0.25, -0.2) is 13.1 Å². The van der Waals surface area contributed by atoms with Gasteiger partial charge < -0.3 is 9.26 Å². The number of methoxy groups -OCH3 is 1. The number of rotatable bonds is 6. The van der Waals surface area contributed by atoms with Crippen LogP contribution in [-0.4, -0.2) is 25.7 Å². The van der Waals surface area contributed by atoms with Crippen LogP contribution in [0.5, 0.6) is 5.75 Å². The van der Waals surface area contributed by atoms with Crippen LogP contribution in [0.4, 0.5) is 0 Å². The van der Waals surface area contributed by atoms with Crippen molar-refractivity contribution < 1.29 is 17.7 Å². The van der Waals surface area contributed by atoms with Crippen LogP contribution in [-0.2, 0) is 16.6 Å². The van der Waals surface area contributed by atoms with Crippen LogP contribution in [0.3, 0.4) is 0 Å². The number of sulfonamides is 1. The van der Waals surface area contributed by atoms with E-state index in [1.807, 2.05) is 12.1 Å². The van der Waals surface area contributed by atoms with Crippen LogP contribution in [0.2, 0.25) is 5.02 Å². The summed E-state index contributed by atoms with van der Waals surface area (Å²) in [4.78, 5) is 4.27. The summed E-state index contributed by atoms with van der Waals surface area (Å²) in [5.41, 5.74) is 1.45. The normalized spacial score (nSPS) is 11.5. The molecule has 9 heteroatoms. The molecule has 0 unspecified atom stereocenters. The van der Waals surface area contributed by atoms with Crippen LogP contribution >= 0.6 is 11.6 Å². The van der Waals surface area contributed by atoms with Gasteiger partial charge in [0.2, 0.25) is 21.7 Å². The third-order valence-corrected chi connectivity index (χ3v) is 5.49. The van der Waals surface area contributed by atoms with Gasteiger partial charge in [0.05, 0.1) is 24.1 Å². The van der Waals surface area contributed by atoms with E-state index in [9.17, 15) is 8.42 Å². The zero-order valence-corrected chi connectivity index (χ0v) is 15.6. The average Bonchev–Trinajstić information content (AvgIpc) is 3.11. The maximum atomic E-state index is 12.4. The molecule has 0 saturated heterocycles. The molecule has 0 aliphatic carbocycles. The van der Waals surface area contributed by atoms with Crippen molar-refractivity contribution in [2.24, 2.45) is 0 Å². The number of para-hydroxylation sites is 1. The molecule has 1 aromatic heterocycles. The monoisotopic (exact) mass is 393 g/mol. The minimum atomic E-state index is -3.75. The molecule has 0 aliphatic rings. The van der Waals surface area contributed by atoms with E-state index in [0.29, 0.717) is 22.2 Å². The fourth-order valence-electron chi connectivity index (χ4n) is 2.25. The van der Waals surface area contributed by atoms with Crippen LogP contribution in [0, 0.1) is 6.92 Å². The molecule has 7 nitrogen and oxygen atoms in total. The molecular weight excluding hydrogens is 378 g/mol. The zero-order valence-electron chi connectivity index (χ0n) is 14.1. The van der Waals surface area contributed by atoms with E-state index in [4.69, 9.17) is 20.9 Å². The molecule has 0 radical (unpaired) electrons. The summed E-state index contributed by atoms with van der Waals surface area (Å²) in [6.45, 7) is 1.65. The minimum Gasteiger partial charge on any atom is -0.496 e. The summed E-state index contributed by atoms with van der Waals surface area (Å²) >= 11 is 5.99. The van der Waals surface area contributed by atoms with Gasteiger partial charge in [0.25, 0.3) is 0 Å². The van der Waals surface area contributed by atoms with Gasteiger partial charge in [-0.05, 0) is 36.8 Å². The summed E-state index contributed by atoms with van der Waals surface area (Å²) < 4.78 is 37.5. The van der Waals surface area contributed by atoms with Gasteiger partial charge in [-0.15, -0.1) is 0 Å². The maximum Gasteiger partial charge on any atom is 0.242 e. The van der Waals surface area contributed by atoms with Crippen molar-refractivity contribution in [3.05, 3.63) is 58.9 Å². The largest absolute Gasteiger partial charge is 0.496 e. The minimum absolute atomic E-state index is 0.0672. The van der Waals surface area contributed by atoms with Crippen molar-refractivity contribution in [3.8, 4) is 17.1 Å². The van der Waals surface area contributed by atoms with Crippen molar-refractivity contribution in [2.75, 3.05) is 7.11 Å². The Morgan fingerprint density at radius 1 is 1.23 bits per heavy atom. The molecule has 0 saturated carbocycles. The van der Waals surface area contributed by atoms with Gasteiger partial charge in [-0.2, -0.15) is 4.98 Å². The van der Waals surface area contributed by atoms with Crippen LogP contribution in [0.25, 0.3) is 11.4 Å². The van der Waals surface area contributed by atoms with E-state index in [1.54, 1.807) is 32.2 Å². The number of nitrogens with one attached hydrogen (secondary N) is 1. The number of benzene rings is 2. The first-order chi connectivity index (χ1) is 12.4. The van der Waals surface area contributed by atoms with E-state index in [-0.39, 0.29) is 17.3 Å². The molecule has 1 heterocycles. The van der Waals surface area contributed by atoms with Gasteiger partial charge in [0.1, 0.15) is 5.75 Å². The molecular formula is C17H16ClN3O4S. The molecule has 0 bridgehead atoms. The van der Waals surface area contributed by atoms with Gasteiger partial charge >= 0.3 is 0 Å². The van der Waals surface area contributed by atoms with Gasteiger partial charge in [0, 0.05) is 5.02 Å². The summed E-state index contributed by atoms with van der Waals surface area (Å²) in [6.07, 6.45) is 0. The number of nitrogens with zero attached hydrogens (tertiary/aromatic N) is 2. The Bertz CT molecular complexity index is 1030. The van der Waals surface area contributed by atoms with Crippen LogP contribution in [0.1, 0.15) is 11.5 Å². The average molecular weight is 394 g/mol. The molecule has 0 amide bonds. The first-order valence-electron chi connectivity index (χ1n) is 7.62. The Hall–Kier alpha value is -2.42. The second-order valence-corrected chi connectivity index (χ2v) is 7.62. The van der Waals surface area contributed by atoms with E-state index >= 15 is 0 Å². The molecule has 0 atom stereocenters. The second-order valence-electron chi connectivity index (χ2n) is 5.45. The molecule has 3 aromatic rings. The number of hydrogen-bond donors (Lipinski definition) is 1. The predicted molar refractivity (Wildman–Crippen MR) is 96.5 cm³/mol. The summed E-state index contributed by atoms with van der Waals surface area (Å²) in [5, 5.41) is 4.25. The Labute approximate surface area is 156 Å². The number of aromatic nitrogens is 2. The quantitative estimate of drug-likeness (QED) is 0.691. The molecule has 26 heavy (non-hydrogen) atoms. The third kappa shape index (κ3) is 3.87. The molecule has 0 fully saturated rings. The lowest BCUT2D eigenvalue weighted by Crippen LogP contribution is -2.23. The van der Waals surface area contributed by atoms with Crippen LogP contribution < -0.4 is 9.46 Å². The number of aryl methyl sites for hydroxylation is 1. The topological polar surface area (TPSA) is 94.3 Å². The van der Waals surface area contributed by atoms with Crippen molar-refractivity contribution in [1.82, 2.24) is 14.9 Å². The smallest absolute Gasteiger partial charge is 0.242 e. The van der Waals surface area contributed by atoms with Crippen LogP contribution in [0.15, 0.2) is 51.9 Å². The highest BCUT2D eigenvalue weighted by Gasteiger charge is 2.18. The van der Waals surface area contributed by atoms with E-state index in [0.717, 1.165) is 5.56 Å². The Balaban J connectivity index is 1.76. The van der Waals surface area contributed by atoms with Gasteiger partial charge in [-0.3, -0.25) is 0 Å². The lowest BCUT2D eigenvalue weighted by Gasteiger charge is -2.06. The fraction of sp³-hybridized carbons (Fsp3) is 0.176. The summed E-state index contributed by atoms with van der Waals surface area (Å²) in [5.74, 6) is 1.04. The zero-order chi connectivity index (χ0) is 18.7. The summed E-state index contributed by atoms with van der Waals surface area (Å²) in [7, 11) is -2.21. The van der Waals surface area contributed by atoms with E-state index in [2.05, 4.69) is 14.9 Å². The molecule has 2 aromatic carbocycles. The van der Waals surface area contributed by atoms with Crippen molar-refractivity contribution in [1.29, 1.82) is 0 Å². The molecule has 1 N–H and O–H groups in total. The van der Waals surface area contributed by atoms with Crippen molar-refractivity contribution in [2.45, 2.75) is 18.4 Å². The molecule has 0 spiro atoms. The highest BCUT2D eigenvalue weighted by atomic mass is 35.5. The standard InChI is InChI=1S/C17H16ClN3O4S/c1-11-7-8-12(9-14(11)18)26(22,23)19-10-16-20-17(21-25-16)13-5-3-4-6-15(13)24-2/h3-9,19H,10H2,1-2H3. The first-order valence-corrected chi connectivity index (χ1v) is 9.48. The Morgan fingerprint density at radius 3 is 2.73 bits per heavy atom. The second kappa shape index (κ2) is 7.45. The van der Waals surface area contributed by atoms with E-state index < -0.39 is 10.0 Å². The van der Waals surface area contributed by atoms with Gasteiger partial charge in [-0.1, -0.05) is 35.0 Å². The summed E-state index contributed by atoms with van der Waals surface area (Å²) in [6, 6.07) is 11.7. The highest BCUT2D eigenvalue weighted by molar-refractivity contribution is 7.89. The highest BCUT2D eigenvalue weighted by Crippen LogP contribution is 2.27. The Kier molecular flexibility index (Phi) is 5.26. The van der Waals surface area contributed by atoms with E-state index in [1.165, 1.54) is 12.1 Å².